The van der Waals surface area contributed by atoms with Crippen LogP contribution in [0.1, 0.15) is 12.0 Å². The third-order valence-corrected chi connectivity index (χ3v) is 3.63. The van der Waals surface area contributed by atoms with E-state index in [1.807, 2.05) is 29.2 Å². The normalized spacial score (nSPS) is 18.0. The molecule has 1 aromatic carbocycles. The summed E-state index contributed by atoms with van der Waals surface area (Å²) in [7, 11) is 3.28. The van der Waals surface area contributed by atoms with Gasteiger partial charge in [0.2, 0.25) is 5.91 Å². The fourth-order valence-corrected chi connectivity index (χ4v) is 2.46. The van der Waals surface area contributed by atoms with E-state index in [0.29, 0.717) is 26.2 Å². The highest BCUT2D eigenvalue weighted by Crippen LogP contribution is 2.17. The molecule has 21 heavy (non-hydrogen) atoms. The van der Waals surface area contributed by atoms with Crippen LogP contribution in [-0.2, 0) is 20.7 Å². The number of benzene rings is 1. The van der Waals surface area contributed by atoms with Gasteiger partial charge in [-0.1, -0.05) is 12.1 Å². The lowest BCUT2D eigenvalue weighted by molar-refractivity contribution is -0.130. The van der Waals surface area contributed by atoms with E-state index in [0.717, 1.165) is 24.3 Å². The zero-order valence-electron chi connectivity index (χ0n) is 12.7. The quantitative estimate of drug-likeness (QED) is 0.715. The van der Waals surface area contributed by atoms with Crippen molar-refractivity contribution < 1.29 is 19.0 Å². The van der Waals surface area contributed by atoms with Crippen molar-refractivity contribution in [2.45, 2.75) is 18.9 Å². The molecule has 0 N–H and O–H groups in total. The number of likely N-dealkylation sites (tertiary alicyclic amines) is 1. The van der Waals surface area contributed by atoms with E-state index >= 15 is 0 Å². The van der Waals surface area contributed by atoms with Crippen molar-refractivity contribution in [2.75, 3.05) is 40.5 Å². The predicted molar refractivity (Wildman–Crippen MR) is 79.5 cm³/mol. The first-order chi connectivity index (χ1) is 10.2. The van der Waals surface area contributed by atoms with Crippen LogP contribution in [-0.4, -0.2) is 57.4 Å². The molecule has 1 saturated heterocycles. The summed E-state index contributed by atoms with van der Waals surface area (Å²) in [6, 6.07) is 7.63. The van der Waals surface area contributed by atoms with E-state index in [2.05, 4.69) is 0 Å². The molecule has 0 aliphatic carbocycles. The molecule has 0 bridgehead atoms. The molecular formula is C16H23NO4. The summed E-state index contributed by atoms with van der Waals surface area (Å²) in [6.45, 7) is 2.61. The second kappa shape index (κ2) is 8.00. The van der Waals surface area contributed by atoms with Gasteiger partial charge >= 0.3 is 0 Å². The molecule has 0 saturated carbocycles. The highest BCUT2D eigenvalue weighted by atomic mass is 16.5. The third-order valence-electron chi connectivity index (χ3n) is 3.63. The first-order valence-corrected chi connectivity index (χ1v) is 7.24. The van der Waals surface area contributed by atoms with Gasteiger partial charge in [0.1, 0.15) is 5.75 Å². The Labute approximate surface area is 125 Å². The molecule has 2 rings (SSSR count). The molecule has 0 aromatic heterocycles. The minimum absolute atomic E-state index is 0.134. The molecule has 0 radical (unpaired) electrons. The Morgan fingerprint density at radius 2 is 2.19 bits per heavy atom. The number of hydrogen-bond donors (Lipinski definition) is 0. The Bertz CT molecular complexity index is 463. The molecule has 0 spiro atoms. The standard InChI is InChI=1S/C16H23NO4/c1-19-8-9-21-15-6-7-17(12-15)16(18)11-13-4-3-5-14(10-13)20-2/h3-5,10,15H,6-9,11-12H2,1-2H3. The molecule has 1 aliphatic rings. The minimum atomic E-state index is 0.134. The van der Waals surface area contributed by atoms with Gasteiger partial charge in [-0.2, -0.15) is 0 Å². The molecule has 1 aromatic rings. The van der Waals surface area contributed by atoms with Gasteiger partial charge in [0.25, 0.3) is 0 Å². The average molecular weight is 293 g/mol. The maximum absolute atomic E-state index is 12.3. The smallest absolute Gasteiger partial charge is 0.227 e. The lowest BCUT2D eigenvalue weighted by Crippen LogP contribution is -2.31. The number of carbonyl (C=O) groups excluding carboxylic acids is 1. The molecule has 1 amide bonds. The van der Waals surface area contributed by atoms with Crippen LogP contribution in [0.15, 0.2) is 24.3 Å². The van der Waals surface area contributed by atoms with Crippen molar-refractivity contribution in [1.29, 1.82) is 0 Å². The molecule has 1 unspecified atom stereocenters. The molecule has 1 fully saturated rings. The first kappa shape index (κ1) is 15.8. The van der Waals surface area contributed by atoms with E-state index < -0.39 is 0 Å². The summed E-state index contributed by atoms with van der Waals surface area (Å²) in [5.74, 6) is 0.920. The number of nitrogens with zero attached hydrogens (tertiary/aromatic N) is 1. The van der Waals surface area contributed by atoms with Gasteiger partial charge in [0.15, 0.2) is 0 Å². The van der Waals surface area contributed by atoms with E-state index in [-0.39, 0.29) is 12.0 Å². The lowest BCUT2D eigenvalue weighted by Gasteiger charge is -2.17. The summed E-state index contributed by atoms with van der Waals surface area (Å²) in [5.41, 5.74) is 0.975. The van der Waals surface area contributed by atoms with Crippen LogP contribution in [0, 0.1) is 0 Å². The molecule has 1 atom stereocenters. The fourth-order valence-electron chi connectivity index (χ4n) is 2.46. The zero-order chi connectivity index (χ0) is 15.1. The minimum Gasteiger partial charge on any atom is -0.497 e. The van der Waals surface area contributed by atoms with Crippen LogP contribution in [0.25, 0.3) is 0 Å². The number of rotatable bonds is 7. The van der Waals surface area contributed by atoms with Crippen molar-refractivity contribution in [3.63, 3.8) is 0 Å². The second-order valence-electron chi connectivity index (χ2n) is 5.14. The number of ether oxygens (including phenoxy) is 3. The number of amides is 1. The largest absolute Gasteiger partial charge is 0.497 e. The van der Waals surface area contributed by atoms with E-state index in [1.165, 1.54) is 0 Å². The predicted octanol–water partition coefficient (Wildman–Crippen LogP) is 1.50. The van der Waals surface area contributed by atoms with Crippen LogP contribution in [0.2, 0.25) is 0 Å². The molecular weight excluding hydrogens is 270 g/mol. The summed E-state index contributed by atoms with van der Waals surface area (Å²) >= 11 is 0. The van der Waals surface area contributed by atoms with Crippen molar-refractivity contribution in [3.8, 4) is 5.75 Å². The molecule has 1 heterocycles. The van der Waals surface area contributed by atoms with Gasteiger partial charge in [0.05, 0.1) is 32.8 Å². The van der Waals surface area contributed by atoms with Crippen LogP contribution in [0.3, 0.4) is 0 Å². The maximum atomic E-state index is 12.3. The van der Waals surface area contributed by atoms with Crippen LogP contribution >= 0.6 is 0 Å². The third kappa shape index (κ3) is 4.72. The Kier molecular flexibility index (Phi) is 6.02. The van der Waals surface area contributed by atoms with Gasteiger partial charge < -0.3 is 19.1 Å². The van der Waals surface area contributed by atoms with Crippen LogP contribution in [0.4, 0.5) is 0 Å². The fraction of sp³-hybridized carbons (Fsp3) is 0.562. The Balaban J connectivity index is 1.81. The lowest BCUT2D eigenvalue weighted by atomic mass is 10.1. The Morgan fingerprint density at radius 3 is 2.95 bits per heavy atom. The SMILES string of the molecule is COCCOC1CCN(C(=O)Cc2cccc(OC)c2)C1. The van der Waals surface area contributed by atoms with Gasteiger partial charge in [0, 0.05) is 20.2 Å². The summed E-state index contributed by atoms with van der Waals surface area (Å²) < 4.78 is 15.8. The highest BCUT2D eigenvalue weighted by Gasteiger charge is 2.26. The molecule has 5 nitrogen and oxygen atoms in total. The number of carbonyl (C=O) groups is 1. The molecule has 116 valence electrons. The second-order valence-corrected chi connectivity index (χ2v) is 5.14. The van der Waals surface area contributed by atoms with Crippen molar-refractivity contribution in [3.05, 3.63) is 29.8 Å². The highest BCUT2D eigenvalue weighted by molar-refractivity contribution is 5.79. The monoisotopic (exact) mass is 293 g/mol. The van der Waals surface area contributed by atoms with E-state index in [9.17, 15) is 4.79 Å². The van der Waals surface area contributed by atoms with Crippen LogP contribution in [0.5, 0.6) is 5.75 Å². The topological polar surface area (TPSA) is 48.0 Å². The summed E-state index contributed by atoms with van der Waals surface area (Å²) in [4.78, 5) is 14.2. The zero-order valence-corrected chi connectivity index (χ0v) is 12.7. The van der Waals surface area contributed by atoms with Gasteiger partial charge in [-0.25, -0.2) is 0 Å². The van der Waals surface area contributed by atoms with Gasteiger partial charge in [-0.3, -0.25) is 4.79 Å². The Morgan fingerprint density at radius 1 is 1.33 bits per heavy atom. The average Bonchev–Trinajstić information content (AvgIpc) is 2.97. The Hall–Kier alpha value is -1.59. The van der Waals surface area contributed by atoms with Gasteiger partial charge in [-0.15, -0.1) is 0 Å². The maximum Gasteiger partial charge on any atom is 0.227 e. The number of hydrogen-bond acceptors (Lipinski definition) is 4. The molecule has 5 heteroatoms. The number of methoxy groups -OCH3 is 2. The van der Waals surface area contributed by atoms with E-state index in [4.69, 9.17) is 14.2 Å². The summed E-state index contributed by atoms with van der Waals surface area (Å²) in [6.07, 6.45) is 1.43. The van der Waals surface area contributed by atoms with Crippen LogP contribution < -0.4 is 4.74 Å². The van der Waals surface area contributed by atoms with E-state index in [1.54, 1.807) is 14.2 Å². The first-order valence-electron chi connectivity index (χ1n) is 7.24. The van der Waals surface area contributed by atoms with Crippen molar-refractivity contribution in [2.24, 2.45) is 0 Å². The summed E-state index contributed by atoms with van der Waals surface area (Å²) in [5, 5.41) is 0. The van der Waals surface area contributed by atoms with Crippen molar-refractivity contribution >= 4 is 5.91 Å². The van der Waals surface area contributed by atoms with Gasteiger partial charge in [-0.05, 0) is 24.1 Å². The van der Waals surface area contributed by atoms with Crippen molar-refractivity contribution in [1.82, 2.24) is 4.90 Å². The molecule has 1 aliphatic heterocycles.